The van der Waals surface area contributed by atoms with E-state index in [0.29, 0.717) is 12.2 Å². The van der Waals surface area contributed by atoms with Gasteiger partial charge in [0.2, 0.25) is 10.0 Å². The van der Waals surface area contributed by atoms with Gasteiger partial charge in [-0.25, -0.2) is 8.42 Å². The summed E-state index contributed by atoms with van der Waals surface area (Å²) in [6.45, 7) is 2.93. The van der Waals surface area contributed by atoms with E-state index in [0.717, 1.165) is 6.07 Å². The molecule has 1 saturated heterocycles. The molecular formula is C19H22N4O7S. The molecule has 2 aromatic carbocycles. The van der Waals surface area contributed by atoms with Crippen molar-refractivity contribution in [2.75, 3.05) is 38.3 Å². The van der Waals surface area contributed by atoms with Gasteiger partial charge >= 0.3 is 0 Å². The van der Waals surface area contributed by atoms with E-state index in [-0.39, 0.29) is 54.1 Å². The summed E-state index contributed by atoms with van der Waals surface area (Å²) in [5.41, 5.74) is 2.66. The number of phenolic OH excluding ortho intramolecular Hbond substituents is 1. The average molecular weight is 450 g/mol. The van der Waals surface area contributed by atoms with Gasteiger partial charge in [0, 0.05) is 30.8 Å². The Kier molecular flexibility index (Phi) is 7.05. The Balaban J connectivity index is 1.92. The molecule has 1 heterocycles. The number of non-ortho nitro benzene ring substituents is 1. The molecule has 0 bridgehead atoms. The van der Waals surface area contributed by atoms with Crippen LogP contribution in [0.5, 0.6) is 11.5 Å². The Morgan fingerprint density at radius 2 is 2.06 bits per heavy atom. The van der Waals surface area contributed by atoms with Crippen molar-refractivity contribution in [3.8, 4) is 11.5 Å². The number of nitrogens with zero attached hydrogens (tertiary/aromatic N) is 3. The van der Waals surface area contributed by atoms with E-state index < -0.39 is 14.9 Å². The highest BCUT2D eigenvalue weighted by Gasteiger charge is 2.30. The van der Waals surface area contributed by atoms with Crippen LogP contribution >= 0.6 is 0 Å². The summed E-state index contributed by atoms with van der Waals surface area (Å²) in [6, 6.07) is 8.34. The highest BCUT2D eigenvalue weighted by atomic mass is 32.2. The van der Waals surface area contributed by atoms with Crippen molar-refractivity contribution in [1.29, 1.82) is 0 Å². The topological polar surface area (TPSA) is 144 Å². The monoisotopic (exact) mass is 450 g/mol. The first-order valence-electron chi connectivity index (χ1n) is 9.44. The number of anilines is 1. The van der Waals surface area contributed by atoms with E-state index in [1.807, 2.05) is 0 Å². The molecule has 2 N–H and O–H groups in total. The van der Waals surface area contributed by atoms with Crippen LogP contribution in [0.25, 0.3) is 0 Å². The third-order valence-electron chi connectivity index (χ3n) is 4.48. The molecule has 0 atom stereocenters. The van der Waals surface area contributed by atoms with E-state index in [4.69, 9.17) is 9.47 Å². The Morgan fingerprint density at radius 3 is 2.74 bits per heavy atom. The summed E-state index contributed by atoms with van der Waals surface area (Å²) in [4.78, 5) is 10.2. The molecule has 0 amide bonds. The minimum atomic E-state index is -4.02. The van der Waals surface area contributed by atoms with E-state index in [9.17, 15) is 23.6 Å². The van der Waals surface area contributed by atoms with Crippen molar-refractivity contribution < 1.29 is 27.9 Å². The minimum Gasteiger partial charge on any atom is -0.504 e. The maximum Gasteiger partial charge on any atom is 0.270 e. The zero-order valence-corrected chi connectivity index (χ0v) is 17.5. The van der Waals surface area contributed by atoms with Crippen molar-refractivity contribution in [2.45, 2.75) is 11.8 Å². The molecule has 2 aromatic rings. The fraction of sp³-hybridized carbons (Fsp3) is 0.316. The molecule has 0 aliphatic carbocycles. The number of nitro groups is 1. The molecule has 3 rings (SSSR count). The second-order valence-electron chi connectivity index (χ2n) is 6.45. The van der Waals surface area contributed by atoms with Crippen LogP contribution in [-0.4, -0.2) is 61.9 Å². The molecule has 1 fully saturated rings. The van der Waals surface area contributed by atoms with Crippen molar-refractivity contribution in [2.24, 2.45) is 5.10 Å². The highest BCUT2D eigenvalue weighted by Crippen LogP contribution is 2.31. The summed E-state index contributed by atoms with van der Waals surface area (Å²) >= 11 is 0. The summed E-state index contributed by atoms with van der Waals surface area (Å²) in [5, 5.41) is 25.4. The normalized spacial score (nSPS) is 15.1. The molecule has 166 valence electrons. The lowest BCUT2D eigenvalue weighted by molar-refractivity contribution is -0.385. The Hall–Kier alpha value is -3.22. The highest BCUT2D eigenvalue weighted by molar-refractivity contribution is 7.89. The molecule has 0 unspecified atom stereocenters. The Labute approximate surface area is 179 Å². The van der Waals surface area contributed by atoms with Crippen LogP contribution in [0.15, 0.2) is 46.4 Å². The fourth-order valence-electron chi connectivity index (χ4n) is 2.94. The SMILES string of the molecule is CCOc1cccc(C=NNc2ccc([N+](=O)[O-])cc2S(=O)(=O)N2CCOCC2)c1O. The number of nitro benzene ring substituents is 1. The van der Waals surface area contributed by atoms with Crippen LogP contribution in [0.1, 0.15) is 12.5 Å². The maximum absolute atomic E-state index is 13.1. The number of rotatable bonds is 8. The number of sulfonamides is 1. The lowest BCUT2D eigenvalue weighted by atomic mass is 10.2. The van der Waals surface area contributed by atoms with Crippen LogP contribution in [0.4, 0.5) is 11.4 Å². The van der Waals surface area contributed by atoms with Gasteiger partial charge in [0.1, 0.15) is 4.90 Å². The lowest BCUT2D eigenvalue weighted by Crippen LogP contribution is -2.40. The van der Waals surface area contributed by atoms with Crippen LogP contribution in [0, 0.1) is 10.1 Å². The molecule has 0 saturated carbocycles. The zero-order valence-electron chi connectivity index (χ0n) is 16.7. The molecule has 0 radical (unpaired) electrons. The standard InChI is InChI=1S/C19H22N4O7S/c1-2-30-17-5-3-4-14(19(17)24)13-20-21-16-7-6-15(23(25)26)12-18(16)31(27,28)22-8-10-29-11-9-22/h3-7,12-13,21,24H,2,8-11H2,1H3. The number of nitrogens with one attached hydrogen (secondary N) is 1. The number of hydrogen-bond donors (Lipinski definition) is 2. The largest absolute Gasteiger partial charge is 0.504 e. The predicted octanol–water partition coefficient (Wildman–Crippen LogP) is 2.17. The molecule has 0 spiro atoms. The van der Waals surface area contributed by atoms with Gasteiger partial charge in [0.15, 0.2) is 11.5 Å². The first-order valence-corrected chi connectivity index (χ1v) is 10.9. The van der Waals surface area contributed by atoms with Gasteiger partial charge in [0.05, 0.1) is 36.6 Å². The van der Waals surface area contributed by atoms with E-state index >= 15 is 0 Å². The van der Waals surface area contributed by atoms with Crippen molar-refractivity contribution in [3.05, 3.63) is 52.1 Å². The first-order chi connectivity index (χ1) is 14.8. The van der Waals surface area contributed by atoms with E-state index in [1.54, 1.807) is 25.1 Å². The Morgan fingerprint density at radius 1 is 1.32 bits per heavy atom. The maximum atomic E-state index is 13.1. The van der Waals surface area contributed by atoms with Gasteiger partial charge in [-0.1, -0.05) is 6.07 Å². The van der Waals surface area contributed by atoms with Gasteiger partial charge in [-0.3, -0.25) is 15.5 Å². The molecule has 1 aliphatic heterocycles. The van der Waals surface area contributed by atoms with Gasteiger partial charge in [-0.2, -0.15) is 9.41 Å². The number of hydrazone groups is 1. The number of ether oxygens (including phenoxy) is 2. The average Bonchev–Trinajstić information content (AvgIpc) is 2.77. The van der Waals surface area contributed by atoms with Crippen molar-refractivity contribution >= 4 is 27.6 Å². The van der Waals surface area contributed by atoms with Gasteiger partial charge in [0.25, 0.3) is 5.69 Å². The van der Waals surface area contributed by atoms with Gasteiger partial charge in [-0.15, -0.1) is 0 Å². The summed E-state index contributed by atoms with van der Waals surface area (Å²) in [6.07, 6.45) is 1.30. The van der Waals surface area contributed by atoms with Crippen LogP contribution in [-0.2, 0) is 14.8 Å². The minimum absolute atomic E-state index is 0.0637. The Bertz CT molecular complexity index is 1080. The fourth-order valence-corrected chi connectivity index (χ4v) is 4.51. The lowest BCUT2D eigenvalue weighted by Gasteiger charge is -2.26. The van der Waals surface area contributed by atoms with Crippen molar-refractivity contribution in [1.82, 2.24) is 4.31 Å². The molecule has 11 nitrogen and oxygen atoms in total. The number of para-hydroxylation sites is 1. The number of aromatic hydroxyl groups is 1. The summed E-state index contributed by atoms with van der Waals surface area (Å²) in [7, 11) is -4.02. The number of hydrogen-bond acceptors (Lipinski definition) is 9. The molecular weight excluding hydrogens is 428 g/mol. The molecule has 31 heavy (non-hydrogen) atoms. The van der Waals surface area contributed by atoms with E-state index in [1.165, 1.54) is 22.7 Å². The van der Waals surface area contributed by atoms with Crippen LogP contribution < -0.4 is 10.2 Å². The van der Waals surface area contributed by atoms with Gasteiger partial charge < -0.3 is 14.6 Å². The van der Waals surface area contributed by atoms with Gasteiger partial charge in [-0.05, 0) is 25.1 Å². The molecule has 0 aromatic heterocycles. The third-order valence-corrected chi connectivity index (χ3v) is 6.42. The summed E-state index contributed by atoms with van der Waals surface area (Å²) < 4.78 is 37.9. The number of benzene rings is 2. The number of phenols is 1. The van der Waals surface area contributed by atoms with E-state index in [2.05, 4.69) is 10.5 Å². The second-order valence-corrected chi connectivity index (χ2v) is 8.36. The second kappa shape index (κ2) is 9.73. The number of morpholine rings is 1. The van der Waals surface area contributed by atoms with Crippen molar-refractivity contribution in [3.63, 3.8) is 0 Å². The predicted molar refractivity (Wildman–Crippen MR) is 113 cm³/mol. The van der Waals surface area contributed by atoms with Crippen LogP contribution in [0.2, 0.25) is 0 Å². The zero-order chi connectivity index (χ0) is 22.4. The molecule has 12 heteroatoms. The third kappa shape index (κ3) is 5.10. The van der Waals surface area contributed by atoms with Crippen LogP contribution in [0.3, 0.4) is 0 Å². The summed E-state index contributed by atoms with van der Waals surface area (Å²) in [5.74, 6) is 0.178. The molecule has 1 aliphatic rings. The smallest absolute Gasteiger partial charge is 0.270 e. The first kappa shape index (κ1) is 22.5. The quantitative estimate of drug-likeness (QED) is 0.354.